The quantitative estimate of drug-likeness (QED) is 0.762. The Balaban J connectivity index is 1.27. The molecule has 5 rings (SSSR count). The van der Waals surface area contributed by atoms with Gasteiger partial charge in [-0.05, 0) is 48.7 Å². The molecule has 30 heavy (non-hydrogen) atoms. The normalized spacial score (nSPS) is 19.3. The van der Waals surface area contributed by atoms with E-state index >= 15 is 0 Å². The number of imide groups is 1. The van der Waals surface area contributed by atoms with Gasteiger partial charge in [0.1, 0.15) is 0 Å². The number of nitrogens with one attached hydrogen (secondary N) is 1. The van der Waals surface area contributed by atoms with E-state index in [1.165, 1.54) is 11.0 Å². The Morgan fingerprint density at radius 1 is 1.03 bits per heavy atom. The third-order valence-electron chi connectivity index (χ3n) is 5.53. The molecule has 154 valence electrons. The van der Waals surface area contributed by atoms with Crippen LogP contribution < -0.4 is 14.8 Å². The molecule has 3 amide bonds. The first kappa shape index (κ1) is 18.6. The van der Waals surface area contributed by atoms with Crippen LogP contribution in [0.15, 0.2) is 36.4 Å². The number of benzene rings is 2. The summed E-state index contributed by atoms with van der Waals surface area (Å²) < 4.78 is 16.2. The second-order valence-corrected chi connectivity index (χ2v) is 7.49. The van der Waals surface area contributed by atoms with Crippen molar-refractivity contribution in [2.75, 3.05) is 19.9 Å². The van der Waals surface area contributed by atoms with E-state index in [-0.39, 0.29) is 42.7 Å². The minimum Gasteiger partial charge on any atom is -0.454 e. The van der Waals surface area contributed by atoms with Crippen LogP contribution in [-0.2, 0) is 11.3 Å². The molecule has 2 aromatic rings. The van der Waals surface area contributed by atoms with Crippen molar-refractivity contribution in [2.24, 2.45) is 0 Å². The van der Waals surface area contributed by atoms with Gasteiger partial charge >= 0.3 is 0 Å². The van der Waals surface area contributed by atoms with Crippen molar-refractivity contribution in [2.45, 2.75) is 25.5 Å². The second kappa shape index (κ2) is 7.46. The average molecular weight is 408 g/mol. The minimum atomic E-state index is -0.379. The minimum absolute atomic E-state index is 0.114. The molecule has 1 atom stereocenters. The molecule has 1 N–H and O–H groups in total. The SMILES string of the molecule is O=C(NCc1ccc2c(c1)OCO2)c1ccc2c(c1)C(=O)N(C[C@@H]1CCCO1)C2=O. The summed E-state index contributed by atoms with van der Waals surface area (Å²) in [6, 6.07) is 10.1. The van der Waals surface area contributed by atoms with Gasteiger partial charge in [-0.1, -0.05) is 6.07 Å². The summed E-state index contributed by atoms with van der Waals surface area (Å²) in [6.45, 7) is 1.39. The Morgan fingerprint density at radius 2 is 1.87 bits per heavy atom. The lowest BCUT2D eigenvalue weighted by atomic mass is 10.1. The highest BCUT2D eigenvalue weighted by Crippen LogP contribution is 2.32. The highest BCUT2D eigenvalue weighted by Gasteiger charge is 2.37. The maximum absolute atomic E-state index is 12.7. The highest BCUT2D eigenvalue weighted by molar-refractivity contribution is 6.22. The molecule has 0 bridgehead atoms. The van der Waals surface area contributed by atoms with Gasteiger partial charge in [-0.15, -0.1) is 0 Å². The number of nitrogens with zero attached hydrogens (tertiary/aromatic N) is 1. The number of ether oxygens (including phenoxy) is 3. The molecular formula is C22H20N2O6. The Morgan fingerprint density at radius 3 is 2.70 bits per heavy atom. The molecule has 8 heteroatoms. The van der Waals surface area contributed by atoms with Crippen molar-refractivity contribution in [3.63, 3.8) is 0 Å². The molecule has 0 spiro atoms. The Hall–Kier alpha value is -3.39. The zero-order chi connectivity index (χ0) is 20.7. The van der Waals surface area contributed by atoms with Crippen molar-refractivity contribution in [1.82, 2.24) is 10.2 Å². The molecule has 1 fully saturated rings. The fraction of sp³-hybridized carbons (Fsp3) is 0.318. The first-order chi connectivity index (χ1) is 14.6. The lowest BCUT2D eigenvalue weighted by Gasteiger charge is -2.17. The maximum Gasteiger partial charge on any atom is 0.261 e. The lowest BCUT2D eigenvalue weighted by molar-refractivity contribution is 0.0475. The first-order valence-electron chi connectivity index (χ1n) is 9.89. The summed E-state index contributed by atoms with van der Waals surface area (Å²) in [5.41, 5.74) is 1.77. The van der Waals surface area contributed by atoms with Crippen LogP contribution in [0.1, 0.15) is 49.5 Å². The van der Waals surface area contributed by atoms with Crippen molar-refractivity contribution < 1.29 is 28.6 Å². The van der Waals surface area contributed by atoms with Gasteiger partial charge < -0.3 is 19.5 Å². The van der Waals surface area contributed by atoms with Crippen molar-refractivity contribution in [3.8, 4) is 11.5 Å². The van der Waals surface area contributed by atoms with Gasteiger partial charge in [0, 0.05) is 18.7 Å². The predicted molar refractivity (Wildman–Crippen MR) is 105 cm³/mol. The highest BCUT2D eigenvalue weighted by atomic mass is 16.7. The van der Waals surface area contributed by atoms with Crippen LogP contribution in [0.3, 0.4) is 0 Å². The Bertz CT molecular complexity index is 1040. The predicted octanol–water partition coefficient (Wildman–Crippen LogP) is 2.12. The summed E-state index contributed by atoms with van der Waals surface area (Å²) >= 11 is 0. The summed E-state index contributed by atoms with van der Waals surface area (Å²) in [7, 11) is 0. The number of hydrogen-bond acceptors (Lipinski definition) is 6. The van der Waals surface area contributed by atoms with Crippen LogP contribution in [0.2, 0.25) is 0 Å². The molecule has 0 aliphatic carbocycles. The van der Waals surface area contributed by atoms with Gasteiger partial charge in [-0.2, -0.15) is 0 Å². The number of amides is 3. The van der Waals surface area contributed by atoms with Crippen molar-refractivity contribution in [1.29, 1.82) is 0 Å². The van der Waals surface area contributed by atoms with E-state index in [0.717, 1.165) is 18.4 Å². The van der Waals surface area contributed by atoms with E-state index in [9.17, 15) is 14.4 Å². The number of carbonyl (C=O) groups excluding carboxylic acids is 3. The first-order valence-corrected chi connectivity index (χ1v) is 9.89. The molecular weight excluding hydrogens is 388 g/mol. The molecule has 3 aliphatic rings. The third-order valence-corrected chi connectivity index (χ3v) is 5.53. The van der Waals surface area contributed by atoms with E-state index in [1.54, 1.807) is 18.2 Å². The van der Waals surface area contributed by atoms with Gasteiger partial charge in [0.05, 0.1) is 23.8 Å². The smallest absolute Gasteiger partial charge is 0.261 e. The van der Waals surface area contributed by atoms with E-state index in [0.29, 0.717) is 35.8 Å². The summed E-state index contributed by atoms with van der Waals surface area (Å²) in [5.74, 6) is 0.288. The van der Waals surface area contributed by atoms with Gasteiger partial charge in [0.25, 0.3) is 17.7 Å². The number of hydrogen-bond donors (Lipinski definition) is 1. The Kier molecular flexibility index (Phi) is 4.63. The van der Waals surface area contributed by atoms with Crippen LogP contribution in [0.5, 0.6) is 11.5 Å². The molecule has 0 radical (unpaired) electrons. The molecule has 0 saturated carbocycles. The van der Waals surface area contributed by atoms with Crippen LogP contribution >= 0.6 is 0 Å². The molecule has 1 saturated heterocycles. The summed E-state index contributed by atoms with van der Waals surface area (Å²) in [4.78, 5) is 39.2. The van der Waals surface area contributed by atoms with Gasteiger partial charge in [0.2, 0.25) is 6.79 Å². The topological polar surface area (TPSA) is 94.2 Å². The van der Waals surface area contributed by atoms with Gasteiger partial charge in [0.15, 0.2) is 11.5 Å². The van der Waals surface area contributed by atoms with E-state index < -0.39 is 0 Å². The largest absolute Gasteiger partial charge is 0.454 e. The zero-order valence-corrected chi connectivity index (χ0v) is 16.2. The van der Waals surface area contributed by atoms with Gasteiger partial charge in [-0.3, -0.25) is 19.3 Å². The van der Waals surface area contributed by atoms with Crippen molar-refractivity contribution >= 4 is 17.7 Å². The van der Waals surface area contributed by atoms with Crippen LogP contribution in [0.25, 0.3) is 0 Å². The molecule has 2 aromatic carbocycles. The summed E-state index contributed by atoms with van der Waals surface area (Å²) in [6.07, 6.45) is 1.65. The van der Waals surface area contributed by atoms with Crippen LogP contribution in [-0.4, -0.2) is 48.7 Å². The Labute approximate surface area is 172 Å². The molecule has 3 aliphatic heterocycles. The monoisotopic (exact) mass is 408 g/mol. The average Bonchev–Trinajstić information content (AvgIpc) is 3.49. The standard InChI is InChI=1S/C22H20N2O6/c25-20(23-10-13-3-6-18-19(8-13)30-12-29-18)14-4-5-16-17(9-14)22(27)24(21(16)26)11-15-2-1-7-28-15/h3-6,8-9,15H,1-2,7,10-12H2,(H,23,25)/t15-/m0/s1. The second-order valence-electron chi connectivity index (χ2n) is 7.49. The van der Waals surface area contributed by atoms with Crippen molar-refractivity contribution in [3.05, 3.63) is 58.7 Å². The summed E-state index contributed by atoms with van der Waals surface area (Å²) in [5, 5.41) is 2.83. The molecule has 8 nitrogen and oxygen atoms in total. The van der Waals surface area contributed by atoms with E-state index in [2.05, 4.69) is 5.32 Å². The van der Waals surface area contributed by atoms with Crippen LogP contribution in [0.4, 0.5) is 0 Å². The fourth-order valence-electron chi connectivity index (χ4n) is 3.93. The fourth-order valence-corrected chi connectivity index (χ4v) is 3.93. The number of carbonyl (C=O) groups is 3. The number of fused-ring (bicyclic) bond motifs is 2. The molecule has 0 aromatic heterocycles. The van der Waals surface area contributed by atoms with Gasteiger partial charge in [-0.25, -0.2) is 0 Å². The lowest BCUT2D eigenvalue weighted by Crippen LogP contribution is -2.36. The number of rotatable bonds is 5. The third kappa shape index (κ3) is 3.29. The van der Waals surface area contributed by atoms with Crippen LogP contribution in [0, 0.1) is 0 Å². The van der Waals surface area contributed by atoms with E-state index in [1.807, 2.05) is 12.1 Å². The zero-order valence-electron chi connectivity index (χ0n) is 16.2. The molecule has 0 unspecified atom stereocenters. The maximum atomic E-state index is 12.7. The molecule has 3 heterocycles. The van der Waals surface area contributed by atoms with E-state index in [4.69, 9.17) is 14.2 Å².